The van der Waals surface area contributed by atoms with Gasteiger partial charge in [0.05, 0.1) is 6.54 Å². The number of benzene rings is 1. The van der Waals surface area contributed by atoms with Crippen LogP contribution in [0.2, 0.25) is 0 Å². The van der Waals surface area contributed by atoms with Crippen molar-refractivity contribution in [3.8, 4) is 23.0 Å². The maximum Gasteiger partial charge on any atom is 0.293 e. The fourth-order valence-electron chi connectivity index (χ4n) is 2.16. The zero-order chi connectivity index (χ0) is 14.8. The molecule has 22 heavy (non-hydrogen) atoms. The molecule has 0 saturated carbocycles. The van der Waals surface area contributed by atoms with Gasteiger partial charge in [-0.1, -0.05) is 35.5 Å². The van der Waals surface area contributed by atoms with Crippen molar-refractivity contribution in [2.24, 2.45) is 0 Å². The lowest BCUT2D eigenvalue weighted by Crippen LogP contribution is -1.97. The van der Waals surface area contributed by atoms with Gasteiger partial charge in [-0.25, -0.2) is 0 Å². The van der Waals surface area contributed by atoms with Crippen molar-refractivity contribution >= 4 is 0 Å². The van der Waals surface area contributed by atoms with E-state index in [4.69, 9.17) is 8.94 Å². The third-order valence-electron chi connectivity index (χ3n) is 3.21. The summed E-state index contributed by atoms with van der Waals surface area (Å²) in [6, 6.07) is 15.2. The minimum absolute atomic E-state index is 0.366. The van der Waals surface area contributed by atoms with Crippen LogP contribution in [-0.4, -0.2) is 19.9 Å². The lowest BCUT2D eigenvalue weighted by atomic mass is 10.2. The summed E-state index contributed by atoms with van der Waals surface area (Å²) in [5.74, 6) is 2.24. The molecular formula is C16H12N4O2. The van der Waals surface area contributed by atoms with Crippen LogP contribution in [0, 0.1) is 0 Å². The number of furan rings is 1. The Morgan fingerprint density at radius 1 is 1.00 bits per heavy atom. The van der Waals surface area contributed by atoms with E-state index in [9.17, 15) is 0 Å². The average molecular weight is 292 g/mol. The number of aromatic nitrogens is 4. The Morgan fingerprint density at radius 3 is 2.73 bits per heavy atom. The minimum Gasteiger partial charge on any atom is -0.454 e. The molecule has 0 amide bonds. The van der Waals surface area contributed by atoms with Crippen LogP contribution in [0.5, 0.6) is 0 Å². The maximum absolute atomic E-state index is 5.74. The van der Waals surface area contributed by atoms with E-state index in [0.29, 0.717) is 24.0 Å². The van der Waals surface area contributed by atoms with Crippen LogP contribution in [0.25, 0.3) is 23.0 Å². The standard InChI is InChI=1S/C16H12N4O2/c1-2-5-12(6-3-1)15-18-16(22-19-15)14-8-7-13(21-14)11-20-10-4-9-17-20/h1-10H,11H2. The molecule has 0 fully saturated rings. The molecule has 3 aromatic heterocycles. The highest BCUT2D eigenvalue weighted by atomic mass is 16.5. The van der Waals surface area contributed by atoms with Crippen molar-refractivity contribution in [3.63, 3.8) is 0 Å². The van der Waals surface area contributed by atoms with E-state index in [1.54, 1.807) is 10.9 Å². The monoisotopic (exact) mass is 292 g/mol. The lowest BCUT2D eigenvalue weighted by molar-refractivity contribution is 0.408. The molecule has 3 heterocycles. The second-order valence-electron chi connectivity index (χ2n) is 4.76. The summed E-state index contributed by atoms with van der Waals surface area (Å²) >= 11 is 0. The molecule has 0 saturated heterocycles. The summed E-state index contributed by atoms with van der Waals surface area (Å²) in [6.07, 6.45) is 3.61. The number of nitrogens with zero attached hydrogens (tertiary/aromatic N) is 4. The SMILES string of the molecule is c1ccc(-c2noc(-c3ccc(Cn4cccn4)o3)n2)cc1. The van der Waals surface area contributed by atoms with Gasteiger partial charge in [-0.05, 0) is 18.2 Å². The average Bonchev–Trinajstić information content (AvgIpc) is 3.30. The maximum atomic E-state index is 5.74. The van der Waals surface area contributed by atoms with Crippen molar-refractivity contribution in [2.45, 2.75) is 6.54 Å². The first-order valence-corrected chi connectivity index (χ1v) is 6.84. The third kappa shape index (κ3) is 2.42. The third-order valence-corrected chi connectivity index (χ3v) is 3.21. The number of rotatable bonds is 4. The van der Waals surface area contributed by atoms with E-state index in [1.165, 1.54) is 0 Å². The van der Waals surface area contributed by atoms with Gasteiger partial charge in [0, 0.05) is 18.0 Å². The zero-order valence-electron chi connectivity index (χ0n) is 11.6. The molecule has 0 aliphatic rings. The molecule has 0 aliphatic heterocycles. The first kappa shape index (κ1) is 12.6. The Hall–Kier alpha value is -3.15. The largest absolute Gasteiger partial charge is 0.454 e. The molecule has 0 N–H and O–H groups in total. The highest BCUT2D eigenvalue weighted by molar-refractivity contribution is 5.57. The fraction of sp³-hybridized carbons (Fsp3) is 0.0625. The van der Waals surface area contributed by atoms with Crippen LogP contribution in [-0.2, 0) is 6.54 Å². The van der Waals surface area contributed by atoms with E-state index in [0.717, 1.165) is 11.3 Å². The molecule has 4 aromatic rings. The van der Waals surface area contributed by atoms with Crippen LogP contribution in [0.1, 0.15) is 5.76 Å². The van der Waals surface area contributed by atoms with Gasteiger partial charge in [-0.3, -0.25) is 4.68 Å². The van der Waals surface area contributed by atoms with E-state index in [2.05, 4.69) is 15.2 Å². The van der Waals surface area contributed by atoms with Crippen molar-refractivity contribution in [2.75, 3.05) is 0 Å². The van der Waals surface area contributed by atoms with E-state index >= 15 is 0 Å². The first-order valence-electron chi connectivity index (χ1n) is 6.84. The minimum atomic E-state index is 0.366. The normalized spacial score (nSPS) is 10.9. The quantitative estimate of drug-likeness (QED) is 0.577. The Labute approximate surface area is 126 Å². The predicted molar refractivity (Wildman–Crippen MR) is 78.8 cm³/mol. The Bertz CT molecular complexity index is 863. The van der Waals surface area contributed by atoms with Gasteiger partial charge < -0.3 is 8.94 Å². The first-order chi connectivity index (χ1) is 10.9. The Morgan fingerprint density at radius 2 is 1.91 bits per heavy atom. The summed E-state index contributed by atoms with van der Waals surface area (Å²) in [5.41, 5.74) is 0.904. The van der Waals surface area contributed by atoms with Crippen molar-refractivity contribution in [1.82, 2.24) is 19.9 Å². The van der Waals surface area contributed by atoms with Crippen LogP contribution >= 0.6 is 0 Å². The summed E-state index contributed by atoms with van der Waals surface area (Å²) in [7, 11) is 0. The van der Waals surface area contributed by atoms with Crippen LogP contribution in [0.4, 0.5) is 0 Å². The summed E-state index contributed by atoms with van der Waals surface area (Å²) in [4.78, 5) is 4.37. The molecule has 1 aromatic carbocycles. The summed E-state index contributed by atoms with van der Waals surface area (Å²) in [5, 5.41) is 8.13. The topological polar surface area (TPSA) is 69.9 Å². The Balaban J connectivity index is 1.58. The van der Waals surface area contributed by atoms with Gasteiger partial charge >= 0.3 is 0 Å². The number of hydrogen-bond acceptors (Lipinski definition) is 5. The molecular weight excluding hydrogens is 280 g/mol. The second-order valence-corrected chi connectivity index (χ2v) is 4.76. The fourth-order valence-corrected chi connectivity index (χ4v) is 2.16. The summed E-state index contributed by atoms with van der Waals surface area (Å²) < 4.78 is 12.8. The van der Waals surface area contributed by atoms with E-state index in [-0.39, 0.29) is 0 Å². The molecule has 0 bridgehead atoms. The van der Waals surface area contributed by atoms with Gasteiger partial charge in [0.25, 0.3) is 5.89 Å². The van der Waals surface area contributed by atoms with Crippen molar-refractivity contribution in [3.05, 3.63) is 66.7 Å². The van der Waals surface area contributed by atoms with E-state index in [1.807, 2.05) is 54.7 Å². The van der Waals surface area contributed by atoms with Crippen LogP contribution < -0.4 is 0 Å². The molecule has 6 nitrogen and oxygen atoms in total. The molecule has 4 rings (SSSR count). The highest BCUT2D eigenvalue weighted by Crippen LogP contribution is 2.24. The van der Waals surface area contributed by atoms with Gasteiger partial charge in [-0.15, -0.1) is 0 Å². The number of hydrogen-bond donors (Lipinski definition) is 0. The molecule has 108 valence electrons. The van der Waals surface area contributed by atoms with Crippen LogP contribution in [0.15, 0.2) is 69.9 Å². The van der Waals surface area contributed by atoms with Gasteiger partial charge in [0.1, 0.15) is 5.76 Å². The molecule has 0 atom stereocenters. The molecule has 0 radical (unpaired) electrons. The summed E-state index contributed by atoms with van der Waals surface area (Å²) in [6.45, 7) is 0.562. The van der Waals surface area contributed by atoms with E-state index < -0.39 is 0 Å². The van der Waals surface area contributed by atoms with Crippen molar-refractivity contribution in [1.29, 1.82) is 0 Å². The predicted octanol–water partition coefficient (Wildman–Crippen LogP) is 3.24. The highest BCUT2D eigenvalue weighted by Gasteiger charge is 2.14. The molecule has 6 heteroatoms. The lowest BCUT2D eigenvalue weighted by Gasteiger charge is -1.96. The van der Waals surface area contributed by atoms with Gasteiger partial charge in [0.2, 0.25) is 5.82 Å². The molecule has 0 spiro atoms. The van der Waals surface area contributed by atoms with Crippen molar-refractivity contribution < 1.29 is 8.94 Å². The van der Waals surface area contributed by atoms with Gasteiger partial charge in [0.15, 0.2) is 5.76 Å². The van der Waals surface area contributed by atoms with Crippen LogP contribution in [0.3, 0.4) is 0 Å². The zero-order valence-corrected chi connectivity index (χ0v) is 11.6. The Kier molecular flexibility index (Phi) is 3.05. The molecule has 0 unspecified atom stereocenters. The molecule has 0 aliphatic carbocycles. The second kappa shape index (κ2) is 5.33. The smallest absolute Gasteiger partial charge is 0.293 e. The van der Waals surface area contributed by atoms with Gasteiger partial charge in [-0.2, -0.15) is 10.1 Å².